The van der Waals surface area contributed by atoms with E-state index in [-0.39, 0.29) is 6.10 Å². The van der Waals surface area contributed by atoms with Gasteiger partial charge in [-0.25, -0.2) is 0 Å². The Morgan fingerprint density at radius 1 is 0.667 bits per heavy atom. The van der Waals surface area contributed by atoms with Gasteiger partial charge in [-0.1, -0.05) is 12.2 Å². The first-order valence-electron chi connectivity index (χ1n) is 5.26. The summed E-state index contributed by atoms with van der Waals surface area (Å²) in [4.78, 5) is 0. The summed E-state index contributed by atoms with van der Waals surface area (Å²) in [7, 11) is 0. The molecule has 0 saturated heterocycles. The zero-order chi connectivity index (χ0) is 7.61. The molecule has 1 heteroatoms. The molecule has 1 N–H and O–H groups in total. The van der Waals surface area contributed by atoms with Crippen LogP contribution in [0.3, 0.4) is 0 Å². The third kappa shape index (κ3) is 0.310. The van der Waals surface area contributed by atoms with E-state index in [9.17, 15) is 5.11 Å². The fourth-order valence-electron chi connectivity index (χ4n) is 5.27. The molecule has 1 nitrogen and oxygen atoms in total. The van der Waals surface area contributed by atoms with Gasteiger partial charge in [0, 0.05) is 0 Å². The molecule has 7 aliphatic rings. The van der Waals surface area contributed by atoms with Crippen LogP contribution < -0.4 is 0 Å². The average molecular weight is 160 g/mol. The lowest BCUT2D eigenvalue weighted by Crippen LogP contribution is -2.23. The summed E-state index contributed by atoms with van der Waals surface area (Å²) < 4.78 is 0. The van der Waals surface area contributed by atoms with Crippen molar-refractivity contribution in [1.82, 2.24) is 0 Å². The van der Waals surface area contributed by atoms with Crippen molar-refractivity contribution in [3.8, 4) is 0 Å². The topological polar surface area (TPSA) is 20.2 Å². The van der Waals surface area contributed by atoms with E-state index in [2.05, 4.69) is 12.2 Å². The van der Waals surface area contributed by atoms with Gasteiger partial charge in [-0.15, -0.1) is 0 Å². The molecule has 0 spiro atoms. The second-order valence-electron chi connectivity index (χ2n) is 5.49. The SMILES string of the molecule is OC1C2C3C4C=CC(C23)C2C1C42. The highest BCUT2D eigenvalue weighted by molar-refractivity contribution is 5.37. The molecule has 8 bridgehead atoms. The molecule has 0 aromatic heterocycles. The first kappa shape index (κ1) is 5.43. The summed E-state index contributed by atoms with van der Waals surface area (Å²) in [5, 5.41) is 9.97. The first-order chi connectivity index (χ1) is 5.89. The molecule has 0 aromatic rings. The Morgan fingerprint density at radius 3 is 1.50 bits per heavy atom. The van der Waals surface area contributed by atoms with Gasteiger partial charge < -0.3 is 5.11 Å². The van der Waals surface area contributed by atoms with Gasteiger partial charge in [-0.3, -0.25) is 0 Å². The third-order valence-corrected chi connectivity index (χ3v) is 5.51. The van der Waals surface area contributed by atoms with Crippen molar-refractivity contribution in [3.05, 3.63) is 12.2 Å². The predicted molar refractivity (Wildman–Crippen MR) is 43.1 cm³/mol. The van der Waals surface area contributed by atoms with E-state index in [1.165, 1.54) is 0 Å². The Hall–Kier alpha value is -0.300. The predicted octanol–water partition coefficient (Wildman–Crippen LogP) is 0.901. The van der Waals surface area contributed by atoms with Crippen molar-refractivity contribution in [2.75, 3.05) is 0 Å². The zero-order valence-corrected chi connectivity index (χ0v) is 6.80. The third-order valence-electron chi connectivity index (χ3n) is 5.51. The Kier molecular flexibility index (Phi) is 0.554. The number of hydrogen-bond acceptors (Lipinski definition) is 1. The maximum atomic E-state index is 9.97. The van der Waals surface area contributed by atoms with Gasteiger partial charge in [-0.2, -0.15) is 0 Å². The Morgan fingerprint density at radius 2 is 1.08 bits per heavy atom. The highest BCUT2D eigenvalue weighted by Crippen LogP contribution is 2.83. The molecule has 4 atom stereocenters. The maximum Gasteiger partial charge on any atom is 0.0608 e. The molecule has 7 rings (SSSR count). The zero-order valence-electron chi connectivity index (χ0n) is 6.80. The van der Waals surface area contributed by atoms with Crippen LogP contribution in [0.5, 0.6) is 0 Å². The molecule has 0 aliphatic heterocycles. The van der Waals surface area contributed by atoms with Gasteiger partial charge in [0.2, 0.25) is 0 Å². The lowest BCUT2D eigenvalue weighted by Gasteiger charge is -2.28. The van der Waals surface area contributed by atoms with Crippen LogP contribution in [0.2, 0.25) is 0 Å². The van der Waals surface area contributed by atoms with E-state index in [0.29, 0.717) is 0 Å². The van der Waals surface area contributed by atoms with E-state index in [4.69, 9.17) is 0 Å². The fraction of sp³-hybridized carbons (Fsp3) is 0.818. The van der Waals surface area contributed by atoms with Crippen LogP contribution in [0.4, 0.5) is 0 Å². The molecule has 0 radical (unpaired) electrons. The van der Waals surface area contributed by atoms with E-state index in [1.807, 2.05) is 0 Å². The number of aliphatic hydroxyl groups excluding tert-OH is 1. The monoisotopic (exact) mass is 160 g/mol. The van der Waals surface area contributed by atoms with Crippen LogP contribution in [0, 0.1) is 47.3 Å². The van der Waals surface area contributed by atoms with Crippen molar-refractivity contribution < 1.29 is 5.11 Å². The standard InChI is InChI=1S/C11H12O/c12-11-9-5-3-1-2-4(7(5)9)8-6(3)10(8)11/h1-12H. The Bertz CT molecular complexity index is 271. The molecule has 4 unspecified atom stereocenters. The molecule has 62 valence electrons. The molecule has 5 fully saturated rings. The molecule has 12 heavy (non-hydrogen) atoms. The van der Waals surface area contributed by atoms with Crippen LogP contribution in [0.1, 0.15) is 0 Å². The quantitative estimate of drug-likeness (QED) is 0.522. The largest absolute Gasteiger partial charge is 0.393 e. The minimum Gasteiger partial charge on any atom is -0.393 e. The average Bonchev–Trinajstić information content (AvgIpc) is 2.96. The van der Waals surface area contributed by atoms with Crippen molar-refractivity contribution in [2.24, 2.45) is 47.3 Å². The van der Waals surface area contributed by atoms with Crippen LogP contribution in [0.15, 0.2) is 12.2 Å². The molecule has 5 saturated carbocycles. The Labute approximate surface area is 71.5 Å². The summed E-state index contributed by atoms with van der Waals surface area (Å²) in [6, 6.07) is 0. The van der Waals surface area contributed by atoms with Crippen LogP contribution in [-0.2, 0) is 0 Å². The molecule has 0 heterocycles. The van der Waals surface area contributed by atoms with E-state index < -0.39 is 0 Å². The van der Waals surface area contributed by atoms with Gasteiger partial charge in [-0.05, 0) is 47.3 Å². The second-order valence-corrected chi connectivity index (χ2v) is 5.49. The normalized spacial score (nSPS) is 83.9. The Balaban J connectivity index is 1.82. The summed E-state index contributed by atoms with van der Waals surface area (Å²) in [5.74, 6) is 6.98. The van der Waals surface area contributed by atoms with Crippen molar-refractivity contribution in [1.29, 1.82) is 0 Å². The molecular weight excluding hydrogens is 148 g/mol. The first-order valence-corrected chi connectivity index (χ1v) is 5.26. The van der Waals surface area contributed by atoms with Crippen LogP contribution >= 0.6 is 0 Å². The number of allylic oxidation sites excluding steroid dienone is 2. The van der Waals surface area contributed by atoms with Gasteiger partial charge in [0.1, 0.15) is 0 Å². The lowest BCUT2D eigenvalue weighted by molar-refractivity contribution is 0.0790. The number of hydrogen-bond donors (Lipinski definition) is 1. The van der Waals surface area contributed by atoms with E-state index in [0.717, 1.165) is 47.3 Å². The maximum absolute atomic E-state index is 9.97. The molecule has 0 amide bonds. The highest BCUT2D eigenvalue weighted by atomic mass is 16.3. The van der Waals surface area contributed by atoms with Crippen molar-refractivity contribution in [2.45, 2.75) is 6.10 Å². The smallest absolute Gasteiger partial charge is 0.0608 e. The van der Waals surface area contributed by atoms with Crippen molar-refractivity contribution >= 4 is 0 Å². The fourth-order valence-corrected chi connectivity index (χ4v) is 5.27. The summed E-state index contributed by atoms with van der Waals surface area (Å²) in [6.07, 6.45) is 5.06. The molecular formula is C11H12O. The second kappa shape index (κ2) is 1.22. The van der Waals surface area contributed by atoms with Gasteiger partial charge in [0.05, 0.1) is 6.10 Å². The van der Waals surface area contributed by atoms with E-state index >= 15 is 0 Å². The number of rotatable bonds is 0. The van der Waals surface area contributed by atoms with Gasteiger partial charge in [0.25, 0.3) is 0 Å². The van der Waals surface area contributed by atoms with Gasteiger partial charge >= 0.3 is 0 Å². The van der Waals surface area contributed by atoms with Crippen molar-refractivity contribution in [3.63, 3.8) is 0 Å². The highest BCUT2D eigenvalue weighted by Gasteiger charge is 2.82. The van der Waals surface area contributed by atoms with Gasteiger partial charge in [0.15, 0.2) is 0 Å². The molecule has 7 aliphatic carbocycles. The minimum absolute atomic E-state index is 0.113. The lowest BCUT2D eigenvalue weighted by atomic mass is 9.76. The summed E-state index contributed by atoms with van der Waals surface area (Å²) >= 11 is 0. The number of aliphatic hydroxyl groups is 1. The van der Waals surface area contributed by atoms with Crippen LogP contribution in [-0.4, -0.2) is 11.2 Å². The van der Waals surface area contributed by atoms with Crippen LogP contribution in [0.25, 0.3) is 0 Å². The molecule has 0 aromatic carbocycles. The minimum atomic E-state index is 0.113. The summed E-state index contributed by atoms with van der Waals surface area (Å²) in [6.45, 7) is 0. The van der Waals surface area contributed by atoms with E-state index in [1.54, 1.807) is 0 Å². The summed E-state index contributed by atoms with van der Waals surface area (Å²) in [5.41, 5.74) is 0.